The van der Waals surface area contributed by atoms with Crippen LogP contribution in [0.3, 0.4) is 0 Å². The SMILES string of the molecule is Cc1nn(C)c(C)c1C(C)Nc1ccc(OC(F)F)cc1. The number of nitrogens with one attached hydrogen (secondary N) is 1. The second kappa shape index (κ2) is 6.11. The Bertz CT molecular complexity index is 608. The molecule has 1 aromatic heterocycles. The molecule has 0 radical (unpaired) electrons. The van der Waals surface area contributed by atoms with Crippen molar-refractivity contribution in [3.05, 3.63) is 41.2 Å². The third kappa shape index (κ3) is 3.51. The van der Waals surface area contributed by atoms with Crippen molar-refractivity contribution >= 4 is 5.69 Å². The molecule has 1 atom stereocenters. The summed E-state index contributed by atoms with van der Waals surface area (Å²) < 4.78 is 30.4. The van der Waals surface area contributed by atoms with Gasteiger partial charge in [0, 0.05) is 24.0 Å². The van der Waals surface area contributed by atoms with E-state index in [1.807, 2.05) is 32.5 Å². The van der Waals surface area contributed by atoms with E-state index in [-0.39, 0.29) is 11.8 Å². The molecule has 0 saturated carbocycles. The fraction of sp³-hybridized carbons (Fsp3) is 0.400. The number of benzene rings is 1. The summed E-state index contributed by atoms with van der Waals surface area (Å²) in [6, 6.07) is 6.54. The summed E-state index contributed by atoms with van der Waals surface area (Å²) in [5.41, 5.74) is 4.06. The average Bonchev–Trinajstić information content (AvgIpc) is 2.65. The maximum absolute atomic E-state index is 12.1. The van der Waals surface area contributed by atoms with E-state index in [0.717, 1.165) is 22.6 Å². The molecular weight excluding hydrogens is 276 g/mol. The van der Waals surface area contributed by atoms with Crippen molar-refractivity contribution in [3.8, 4) is 5.75 Å². The minimum Gasteiger partial charge on any atom is -0.435 e. The number of nitrogens with zero attached hydrogens (tertiary/aromatic N) is 2. The van der Waals surface area contributed by atoms with Crippen molar-refractivity contribution in [2.24, 2.45) is 7.05 Å². The molecule has 0 aliphatic rings. The Morgan fingerprint density at radius 1 is 1.19 bits per heavy atom. The van der Waals surface area contributed by atoms with Crippen LogP contribution in [-0.4, -0.2) is 16.4 Å². The molecule has 0 aliphatic carbocycles. The first-order valence-corrected chi connectivity index (χ1v) is 6.70. The molecule has 2 aromatic rings. The summed E-state index contributed by atoms with van der Waals surface area (Å²) in [7, 11) is 1.91. The lowest BCUT2D eigenvalue weighted by atomic mass is 10.1. The summed E-state index contributed by atoms with van der Waals surface area (Å²) in [5, 5.41) is 7.73. The van der Waals surface area contributed by atoms with Crippen molar-refractivity contribution in [2.45, 2.75) is 33.4 Å². The van der Waals surface area contributed by atoms with Crippen molar-refractivity contribution in [1.82, 2.24) is 9.78 Å². The second-order valence-electron chi connectivity index (χ2n) is 4.98. The molecule has 1 N–H and O–H groups in total. The first-order valence-electron chi connectivity index (χ1n) is 6.70. The third-order valence-corrected chi connectivity index (χ3v) is 3.46. The zero-order valence-corrected chi connectivity index (χ0v) is 12.5. The molecular formula is C15H19F2N3O. The first-order chi connectivity index (χ1) is 9.88. The Kier molecular flexibility index (Phi) is 4.45. The summed E-state index contributed by atoms with van der Waals surface area (Å²) in [5.74, 6) is 0.150. The van der Waals surface area contributed by atoms with E-state index in [1.165, 1.54) is 12.1 Å². The number of halogens is 2. The number of hydrogen-bond acceptors (Lipinski definition) is 3. The number of hydrogen-bond donors (Lipinski definition) is 1. The highest BCUT2D eigenvalue weighted by molar-refractivity contribution is 5.49. The molecule has 6 heteroatoms. The van der Waals surface area contributed by atoms with Crippen LogP contribution in [0.1, 0.15) is 29.9 Å². The fourth-order valence-electron chi connectivity index (χ4n) is 2.47. The van der Waals surface area contributed by atoms with Gasteiger partial charge in [-0.15, -0.1) is 0 Å². The number of aromatic nitrogens is 2. The number of rotatable bonds is 5. The van der Waals surface area contributed by atoms with Crippen LogP contribution in [-0.2, 0) is 7.05 Å². The lowest BCUT2D eigenvalue weighted by Gasteiger charge is -2.16. The molecule has 2 rings (SSSR count). The van der Waals surface area contributed by atoms with Gasteiger partial charge in [-0.2, -0.15) is 13.9 Å². The molecule has 0 saturated heterocycles. The highest BCUT2D eigenvalue weighted by Crippen LogP contribution is 2.26. The Hall–Kier alpha value is -2.11. The van der Waals surface area contributed by atoms with Crippen molar-refractivity contribution in [2.75, 3.05) is 5.32 Å². The first kappa shape index (κ1) is 15.3. The van der Waals surface area contributed by atoms with Crippen LogP contribution in [0.25, 0.3) is 0 Å². The van der Waals surface area contributed by atoms with Gasteiger partial charge in [-0.3, -0.25) is 4.68 Å². The van der Waals surface area contributed by atoms with Crippen LogP contribution in [0.4, 0.5) is 14.5 Å². The van der Waals surface area contributed by atoms with Gasteiger partial charge in [0.25, 0.3) is 0 Å². The van der Waals surface area contributed by atoms with Gasteiger partial charge in [-0.05, 0) is 45.0 Å². The predicted octanol–water partition coefficient (Wildman–Crippen LogP) is 3.81. The zero-order chi connectivity index (χ0) is 15.6. The molecule has 0 aliphatic heterocycles. The molecule has 1 heterocycles. The minimum atomic E-state index is -2.80. The van der Waals surface area contributed by atoms with Crippen LogP contribution in [0.5, 0.6) is 5.75 Å². The summed E-state index contributed by atoms with van der Waals surface area (Å²) >= 11 is 0. The predicted molar refractivity (Wildman–Crippen MR) is 77.8 cm³/mol. The molecule has 1 unspecified atom stereocenters. The van der Waals surface area contributed by atoms with Gasteiger partial charge < -0.3 is 10.1 Å². The average molecular weight is 295 g/mol. The zero-order valence-electron chi connectivity index (χ0n) is 12.5. The van der Waals surface area contributed by atoms with Gasteiger partial charge in [0.05, 0.1) is 11.7 Å². The highest BCUT2D eigenvalue weighted by Gasteiger charge is 2.16. The van der Waals surface area contributed by atoms with Gasteiger partial charge in [-0.25, -0.2) is 0 Å². The monoisotopic (exact) mass is 295 g/mol. The summed E-state index contributed by atoms with van der Waals surface area (Å²) in [6.45, 7) is 3.23. The van der Waals surface area contributed by atoms with E-state index in [2.05, 4.69) is 15.2 Å². The standard InChI is InChI=1S/C15H19F2N3O/c1-9(14-10(2)19-20(4)11(14)3)18-12-5-7-13(8-6-12)21-15(16)17/h5-9,15,18H,1-4H3. The molecule has 0 spiro atoms. The Balaban J connectivity index is 2.10. The molecule has 0 fully saturated rings. The Morgan fingerprint density at radius 3 is 2.29 bits per heavy atom. The number of ether oxygens (including phenoxy) is 1. The van der Waals surface area contributed by atoms with E-state index >= 15 is 0 Å². The number of anilines is 1. The lowest BCUT2D eigenvalue weighted by Crippen LogP contribution is -2.09. The maximum Gasteiger partial charge on any atom is 0.387 e. The van der Waals surface area contributed by atoms with Crippen molar-refractivity contribution in [3.63, 3.8) is 0 Å². The highest BCUT2D eigenvalue weighted by atomic mass is 19.3. The van der Waals surface area contributed by atoms with E-state index < -0.39 is 6.61 Å². The van der Waals surface area contributed by atoms with Crippen LogP contribution < -0.4 is 10.1 Å². The van der Waals surface area contributed by atoms with Crippen molar-refractivity contribution in [1.29, 1.82) is 0 Å². The Morgan fingerprint density at radius 2 is 1.81 bits per heavy atom. The number of alkyl halides is 2. The summed E-state index contributed by atoms with van der Waals surface area (Å²) in [6.07, 6.45) is 0. The van der Waals surface area contributed by atoms with Crippen molar-refractivity contribution < 1.29 is 13.5 Å². The minimum absolute atomic E-state index is 0.0700. The van der Waals surface area contributed by atoms with Crippen LogP contribution in [0.15, 0.2) is 24.3 Å². The Labute approximate surface area is 122 Å². The maximum atomic E-state index is 12.1. The van der Waals surface area contributed by atoms with E-state index in [1.54, 1.807) is 12.1 Å². The van der Waals surface area contributed by atoms with Gasteiger partial charge in [0.1, 0.15) is 5.75 Å². The van der Waals surface area contributed by atoms with Crippen LogP contribution in [0, 0.1) is 13.8 Å². The third-order valence-electron chi connectivity index (χ3n) is 3.46. The normalized spacial score (nSPS) is 12.5. The number of aryl methyl sites for hydroxylation is 2. The molecule has 21 heavy (non-hydrogen) atoms. The van der Waals surface area contributed by atoms with E-state index in [9.17, 15) is 8.78 Å². The second-order valence-corrected chi connectivity index (χ2v) is 4.98. The largest absolute Gasteiger partial charge is 0.435 e. The van der Waals surface area contributed by atoms with E-state index in [0.29, 0.717) is 0 Å². The van der Waals surface area contributed by atoms with Crippen LogP contribution in [0.2, 0.25) is 0 Å². The van der Waals surface area contributed by atoms with Gasteiger partial charge in [-0.1, -0.05) is 0 Å². The molecule has 4 nitrogen and oxygen atoms in total. The smallest absolute Gasteiger partial charge is 0.387 e. The van der Waals surface area contributed by atoms with Gasteiger partial charge in [0.15, 0.2) is 0 Å². The molecule has 1 aromatic carbocycles. The quantitative estimate of drug-likeness (QED) is 0.911. The topological polar surface area (TPSA) is 39.1 Å². The van der Waals surface area contributed by atoms with Gasteiger partial charge in [0.2, 0.25) is 0 Å². The fourth-order valence-corrected chi connectivity index (χ4v) is 2.47. The van der Waals surface area contributed by atoms with Crippen LogP contribution >= 0.6 is 0 Å². The van der Waals surface area contributed by atoms with Gasteiger partial charge >= 0.3 is 6.61 Å². The molecule has 114 valence electrons. The lowest BCUT2D eigenvalue weighted by molar-refractivity contribution is -0.0498. The molecule has 0 bridgehead atoms. The van der Waals surface area contributed by atoms with E-state index in [4.69, 9.17) is 0 Å². The molecule has 0 amide bonds. The summed E-state index contributed by atoms with van der Waals surface area (Å²) in [4.78, 5) is 0.